The van der Waals surface area contributed by atoms with Gasteiger partial charge in [0.25, 0.3) is 11.2 Å². The van der Waals surface area contributed by atoms with Crippen molar-refractivity contribution in [2.75, 3.05) is 0 Å². The zero-order valence-corrected chi connectivity index (χ0v) is 11.5. The van der Waals surface area contributed by atoms with Crippen LogP contribution in [0.25, 0.3) is 11.3 Å². The van der Waals surface area contributed by atoms with Crippen molar-refractivity contribution in [2.45, 2.75) is 26.5 Å². The van der Waals surface area contributed by atoms with Crippen LogP contribution in [0.15, 0.2) is 35.1 Å². The summed E-state index contributed by atoms with van der Waals surface area (Å²) in [5.41, 5.74) is 0.793. The van der Waals surface area contributed by atoms with E-state index in [0.717, 1.165) is 6.42 Å². The van der Waals surface area contributed by atoms with Crippen molar-refractivity contribution in [3.63, 3.8) is 0 Å². The van der Waals surface area contributed by atoms with E-state index in [2.05, 4.69) is 5.10 Å². The summed E-state index contributed by atoms with van der Waals surface area (Å²) < 4.78 is 1.28. The number of aryl methyl sites for hydroxylation is 1. The number of aliphatic hydroxyl groups is 1. The highest BCUT2D eigenvalue weighted by Crippen LogP contribution is 2.22. The fourth-order valence-electron chi connectivity index (χ4n) is 1.99. The number of nitro groups is 1. The molecule has 21 heavy (non-hydrogen) atoms. The van der Waals surface area contributed by atoms with Crippen LogP contribution in [0.4, 0.5) is 5.69 Å². The summed E-state index contributed by atoms with van der Waals surface area (Å²) >= 11 is 0. The Balaban J connectivity index is 2.58. The summed E-state index contributed by atoms with van der Waals surface area (Å²) in [6, 6.07) is 7.48. The van der Waals surface area contributed by atoms with Crippen LogP contribution in [0.5, 0.6) is 0 Å². The molecule has 110 valence electrons. The van der Waals surface area contributed by atoms with E-state index in [1.165, 1.54) is 22.9 Å². The third-order valence-corrected chi connectivity index (χ3v) is 3.01. The molecule has 0 fully saturated rings. The average Bonchev–Trinajstić information content (AvgIpc) is 2.49. The molecule has 1 N–H and O–H groups in total. The number of nitro benzene ring substituents is 1. The van der Waals surface area contributed by atoms with Crippen LogP contribution in [0.3, 0.4) is 0 Å². The summed E-state index contributed by atoms with van der Waals surface area (Å²) in [7, 11) is 0. The standard InChI is InChI=1S/C14H15N3O4/c1-2-6-16-14(19)11(9-18)8-13(15-16)10-4-3-5-12(7-10)17(20)21/h3-5,7-8,18H,2,6,9H2,1H3. The van der Waals surface area contributed by atoms with Crippen molar-refractivity contribution in [2.24, 2.45) is 0 Å². The average molecular weight is 289 g/mol. The van der Waals surface area contributed by atoms with Crippen LogP contribution in [-0.2, 0) is 13.2 Å². The summed E-state index contributed by atoms with van der Waals surface area (Å²) in [5, 5.41) is 24.3. The molecule has 2 rings (SSSR count). The van der Waals surface area contributed by atoms with Crippen LogP contribution in [0.1, 0.15) is 18.9 Å². The van der Waals surface area contributed by atoms with Crippen molar-refractivity contribution >= 4 is 5.69 Å². The lowest BCUT2D eigenvalue weighted by Crippen LogP contribution is -2.26. The van der Waals surface area contributed by atoms with Crippen LogP contribution >= 0.6 is 0 Å². The van der Waals surface area contributed by atoms with Gasteiger partial charge in [-0.3, -0.25) is 14.9 Å². The van der Waals surface area contributed by atoms with E-state index in [-0.39, 0.29) is 16.8 Å². The monoisotopic (exact) mass is 289 g/mol. The molecule has 0 unspecified atom stereocenters. The molecule has 0 aliphatic carbocycles. The molecule has 0 radical (unpaired) electrons. The molecule has 0 spiro atoms. The topological polar surface area (TPSA) is 98.3 Å². The van der Waals surface area contributed by atoms with E-state index >= 15 is 0 Å². The van der Waals surface area contributed by atoms with E-state index in [0.29, 0.717) is 17.8 Å². The van der Waals surface area contributed by atoms with E-state index < -0.39 is 11.5 Å². The molecule has 1 aromatic heterocycles. The third-order valence-electron chi connectivity index (χ3n) is 3.01. The Morgan fingerprint density at radius 1 is 1.38 bits per heavy atom. The largest absolute Gasteiger partial charge is 0.391 e. The molecule has 7 heteroatoms. The maximum Gasteiger partial charge on any atom is 0.272 e. The minimum Gasteiger partial charge on any atom is -0.391 e. The number of aromatic nitrogens is 2. The fraction of sp³-hybridized carbons (Fsp3) is 0.286. The Bertz CT molecular complexity index is 724. The van der Waals surface area contributed by atoms with Gasteiger partial charge in [0.15, 0.2) is 0 Å². The molecule has 0 saturated heterocycles. The smallest absolute Gasteiger partial charge is 0.272 e. The number of non-ortho nitro benzene ring substituents is 1. The SMILES string of the molecule is CCCn1nc(-c2cccc([N+](=O)[O-])c2)cc(CO)c1=O. The lowest BCUT2D eigenvalue weighted by Gasteiger charge is -2.08. The van der Waals surface area contributed by atoms with Gasteiger partial charge in [-0.1, -0.05) is 19.1 Å². The first-order chi connectivity index (χ1) is 10.1. The molecular weight excluding hydrogens is 274 g/mol. The second kappa shape index (κ2) is 6.27. The quantitative estimate of drug-likeness (QED) is 0.667. The minimum atomic E-state index is -0.488. The van der Waals surface area contributed by atoms with Gasteiger partial charge in [0, 0.05) is 29.8 Å². The zero-order valence-electron chi connectivity index (χ0n) is 11.5. The normalized spacial score (nSPS) is 10.6. The molecule has 0 atom stereocenters. The summed E-state index contributed by atoms with van der Waals surface area (Å²) in [6.07, 6.45) is 0.718. The molecule has 0 aliphatic rings. The molecule has 0 amide bonds. The molecular formula is C14H15N3O4. The Hall–Kier alpha value is -2.54. The van der Waals surface area contributed by atoms with Gasteiger partial charge in [0.1, 0.15) is 0 Å². The van der Waals surface area contributed by atoms with Crippen molar-refractivity contribution in [3.05, 3.63) is 56.4 Å². The van der Waals surface area contributed by atoms with Crippen LogP contribution in [0.2, 0.25) is 0 Å². The van der Waals surface area contributed by atoms with Gasteiger partial charge in [0.05, 0.1) is 17.2 Å². The van der Waals surface area contributed by atoms with E-state index in [4.69, 9.17) is 0 Å². The first-order valence-corrected chi connectivity index (χ1v) is 6.53. The van der Waals surface area contributed by atoms with Crippen molar-refractivity contribution < 1.29 is 10.0 Å². The number of nitrogens with zero attached hydrogens (tertiary/aromatic N) is 3. The number of hydrogen-bond acceptors (Lipinski definition) is 5. The lowest BCUT2D eigenvalue weighted by atomic mass is 10.1. The predicted molar refractivity (Wildman–Crippen MR) is 76.8 cm³/mol. The second-order valence-corrected chi connectivity index (χ2v) is 4.55. The Morgan fingerprint density at radius 2 is 2.14 bits per heavy atom. The number of aliphatic hydroxyl groups excluding tert-OH is 1. The molecule has 0 saturated carbocycles. The number of hydrogen-bond donors (Lipinski definition) is 1. The molecule has 2 aromatic rings. The fourth-order valence-corrected chi connectivity index (χ4v) is 1.99. The van der Waals surface area contributed by atoms with Gasteiger partial charge in [-0.05, 0) is 12.5 Å². The molecule has 1 heterocycles. The van der Waals surface area contributed by atoms with E-state index in [9.17, 15) is 20.0 Å². The van der Waals surface area contributed by atoms with Crippen molar-refractivity contribution in [1.29, 1.82) is 0 Å². The van der Waals surface area contributed by atoms with E-state index in [1.807, 2.05) is 6.92 Å². The molecule has 0 bridgehead atoms. The molecule has 7 nitrogen and oxygen atoms in total. The van der Waals surface area contributed by atoms with Crippen LogP contribution in [-0.4, -0.2) is 19.8 Å². The van der Waals surface area contributed by atoms with Gasteiger partial charge in [-0.15, -0.1) is 0 Å². The maximum absolute atomic E-state index is 12.0. The highest BCUT2D eigenvalue weighted by Gasteiger charge is 2.12. The van der Waals surface area contributed by atoms with E-state index in [1.54, 1.807) is 12.1 Å². The maximum atomic E-state index is 12.0. The number of benzene rings is 1. The Kier molecular flexibility index (Phi) is 4.44. The Labute approximate surface area is 120 Å². The Morgan fingerprint density at radius 3 is 2.76 bits per heavy atom. The summed E-state index contributed by atoms with van der Waals surface area (Å²) in [4.78, 5) is 22.3. The highest BCUT2D eigenvalue weighted by molar-refractivity contribution is 5.62. The lowest BCUT2D eigenvalue weighted by molar-refractivity contribution is -0.384. The zero-order chi connectivity index (χ0) is 15.4. The molecule has 0 aliphatic heterocycles. The first-order valence-electron chi connectivity index (χ1n) is 6.53. The summed E-state index contributed by atoms with van der Waals surface area (Å²) in [6.45, 7) is 1.94. The number of rotatable bonds is 5. The highest BCUT2D eigenvalue weighted by atomic mass is 16.6. The van der Waals surface area contributed by atoms with Crippen molar-refractivity contribution in [1.82, 2.24) is 9.78 Å². The predicted octanol–water partition coefficient (Wildman–Crippen LogP) is 1.72. The van der Waals surface area contributed by atoms with Gasteiger partial charge >= 0.3 is 0 Å². The van der Waals surface area contributed by atoms with Gasteiger partial charge in [-0.2, -0.15) is 5.10 Å². The van der Waals surface area contributed by atoms with Gasteiger partial charge in [0.2, 0.25) is 0 Å². The summed E-state index contributed by atoms with van der Waals surface area (Å²) in [5.74, 6) is 0. The minimum absolute atomic E-state index is 0.0481. The van der Waals surface area contributed by atoms with Gasteiger partial charge in [-0.25, -0.2) is 4.68 Å². The first kappa shape index (κ1) is 14.9. The van der Waals surface area contributed by atoms with Crippen LogP contribution < -0.4 is 5.56 Å². The third kappa shape index (κ3) is 3.14. The second-order valence-electron chi connectivity index (χ2n) is 4.55. The molecule has 1 aromatic carbocycles. The van der Waals surface area contributed by atoms with Crippen molar-refractivity contribution in [3.8, 4) is 11.3 Å². The van der Waals surface area contributed by atoms with Gasteiger partial charge < -0.3 is 5.11 Å². The van der Waals surface area contributed by atoms with Crippen LogP contribution in [0, 0.1) is 10.1 Å².